The van der Waals surface area contributed by atoms with Crippen molar-refractivity contribution in [2.45, 2.75) is 79.1 Å². The molecule has 0 aliphatic heterocycles. The fraction of sp³-hybridized carbons (Fsp3) is 0.923. The Morgan fingerprint density at radius 1 is 0.529 bits per heavy atom. The standard InChI is InChI=1S/C13H27O3.Ti/c1-11(2,3)14-10(15-12(4,5)6)16-13(7,8)9;/h1-9H3;/q-1;+4. The maximum absolute atomic E-state index is 5.66. The minimum atomic E-state index is -0.328. The summed E-state index contributed by atoms with van der Waals surface area (Å²) in [5, 5.41) is 0. The van der Waals surface area contributed by atoms with Crippen molar-refractivity contribution in [3.8, 4) is 0 Å². The van der Waals surface area contributed by atoms with Crippen molar-refractivity contribution in [2.24, 2.45) is 0 Å². The molecule has 0 radical (unpaired) electrons. The van der Waals surface area contributed by atoms with Gasteiger partial charge in [0.2, 0.25) is 0 Å². The van der Waals surface area contributed by atoms with Gasteiger partial charge in [-0.25, -0.2) is 0 Å². The second-order valence-corrected chi connectivity index (χ2v) is 6.89. The van der Waals surface area contributed by atoms with Crippen LogP contribution in [-0.4, -0.2) is 16.8 Å². The minimum Gasteiger partial charge on any atom is -0.492 e. The van der Waals surface area contributed by atoms with E-state index in [9.17, 15) is 0 Å². The molecule has 4 heteroatoms. The number of rotatable bonds is 3. The van der Waals surface area contributed by atoms with Crippen LogP contribution in [-0.2, 0) is 35.9 Å². The Bertz CT molecular complexity index is 170. The molecule has 0 aromatic carbocycles. The molecule has 0 rings (SSSR count). The Morgan fingerprint density at radius 2 is 0.706 bits per heavy atom. The largest absolute Gasteiger partial charge is 4.00 e. The van der Waals surface area contributed by atoms with E-state index in [1.165, 1.54) is 0 Å². The molecule has 0 bridgehead atoms. The maximum atomic E-state index is 5.66. The molecule has 0 amide bonds. The summed E-state index contributed by atoms with van der Waals surface area (Å²) in [6.45, 7) is 17.9. The molecule has 3 nitrogen and oxygen atoms in total. The zero-order valence-electron chi connectivity index (χ0n) is 12.7. The first kappa shape index (κ1) is 19.9. The van der Waals surface area contributed by atoms with Crippen LogP contribution in [0.4, 0.5) is 0 Å². The summed E-state index contributed by atoms with van der Waals surface area (Å²) in [5.74, 6) is 0. The van der Waals surface area contributed by atoms with E-state index in [2.05, 4.69) is 0 Å². The molecule has 0 saturated heterocycles. The maximum Gasteiger partial charge on any atom is 4.00 e. The summed E-state index contributed by atoms with van der Waals surface area (Å²) in [5.41, 5.74) is -0.983. The molecule has 0 aromatic heterocycles. The molecular formula is C13H27O3Ti+3. The van der Waals surface area contributed by atoms with Crippen molar-refractivity contribution in [1.29, 1.82) is 0 Å². The zero-order valence-corrected chi connectivity index (χ0v) is 14.3. The average molecular weight is 279 g/mol. The minimum absolute atomic E-state index is 0. The van der Waals surface area contributed by atoms with E-state index in [1.807, 2.05) is 62.3 Å². The smallest absolute Gasteiger partial charge is 0.492 e. The van der Waals surface area contributed by atoms with Gasteiger partial charge in [-0.2, -0.15) is 0 Å². The third-order valence-corrected chi connectivity index (χ3v) is 1.17. The van der Waals surface area contributed by atoms with Crippen molar-refractivity contribution < 1.29 is 35.9 Å². The summed E-state index contributed by atoms with van der Waals surface area (Å²) < 4.78 is 17.0. The third kappa shape index (κ3) is 14.5. The van der Waals surface area contributed by atoms with Crippen LogP contribution >= 0.6 is 0 Å². The predicted octanol–water partition coefficient (Wildman–Crippen LogP) is 3.88. The molecule has 0 atom stereocenters. The Labute approximate surface area is 121 Å². The molecule has 0 aromatic rings. The zero-order chi connectivity index (χ0) is 13.2. The fourth-order valence-electron chi connectivity index (χ4n) is 0.812. The molecule has 0 saturated carbocycles. The molecule has 0 fully saturated rings. The first-order chi connectivity index (χ1) is 6.79. The quantitative estimate of drug-likeness (QED) is 0.579. The number of ether oxygens (including phenoxy) is 3. The van der Waals surface area contributed by atoms with Crippen LogP contribution in [0.15, 0.2) is 0 Å². The SMILES string of the molecule is CC(C)(C)O[C-](OC(C)(C)C)OC(C)(C)C.[Ti+4]. The van der Waals surface area contributed by atoms with E-state index >= 15 is 0 Å². The summed E-state index contributed by atoms with van der Waals surface area (Å²) >= 11 is 0. The molecule has 0 N–H and O–H groups in total. The van der Waals surface area contributed by atoms with Gasteiger partial charge in [-0.3, -0.25) is 0 Å². The van der Waals surface area contributed by atoms with Crippen LogP contribution in [0.5, 0.6) is 0 Å². The fourth-order valence-corrected chi connectivity index (χ4v) is 0.812. The van der Waals surface area contributed by atoms with Gasteiger partial charge in [0.05, 0.1) is 0 Å². The van der Waals surface area contributed by atoms with Gasteiger partial charge in [0, 0.05) is 23.3 Å². The van der Waals surface area contributed by atoms with E-state index in [1.54, 1.807) is 0 Å². The van der Waals surface area contributed by atoms with Gasteiger partial charge < -0.3 is 14.2 Å². The molecule has 17 heavy (non-hydrogen) atoms. The second kappa shape index (κ2) is 6.67. The van der Waals surface area contributed by atoms with E-state index < -0.39 is 0 Å². The van der Waals surface area contributed by atoms with Crippen LogP contribution < -0.4 is 0 Å². The second-order valence-electron chi connectivity index (χ2n) is 6.89. The van der Waals surface area contributed by atoms with Gasteiger partial charge in [0.25, 0.3) is 0 Å². The van der Waals surface area contributed by atoms with Gasteiger partial charge in [-0.05, 0) is 62.3 Å². The monoisotopic (exact) mass is 279 g/mol. The van der Waals surface area contributed by atoms with E-state index in [0.29, 0.717) is 0 Å². The van der Waals surface area contributed by atoms with Crippen LogP contribution in [0.1, 0.15) is 62.3 Å². The van der Waals surface area contributed by atoms with Gasteiger partial charge >= 0.3 is 21.7 Å². The van der Waals surface area contributed by atoms with Crippen molar-refractivity contribution >= 4 is 0 Å². The van der Waals surface area contributed by atoms with Crippen molar-refractivity contribution in [3.63, 3.8) is 0 Å². The van der Waals surface area contributed by atoms with Gasteiger partial charge in [0.1, 0.15) is 0 Å². The normalized spacial score (nSPS) is 13.8. The molecule has 98 valence electrons. The summed E-state index contributed by atoms with van der Waals surface area (Å²) in [6.07, 6.45) is 0. The van der Waals surface area contributed by atoms with Crippen LogP contribution in [0.25, 0.3) is 0 Å². The van der Waals surface area contributed by atoms with Crippen LogP contribution in [0.3, 0.4) is 0 Å². The van der Waals surface area contributed by atoms with E-state index in [4.69, 9.17) is 14.2 Å². The van der Waals surface area contributed by atoms with Gasteiger partial charge in [-0.1, -0.05) is 0 Å². The van der Waals surface area contributed by atoms with Gasteiger partial charge in [0.15, 0.2) is 0 Å². The Kier molecular flexibility index (Phi) is 7.82. The Hall–Kier alpha value is 0.594. The number of hydrogen-bond acceptors (Lipinski definition) is 3. The molecule has 0 heterocycles. The van der Waals surface area contributed by atoms with Gasteiger partial charge in [-0.15, -0.1) is 0 Å². The first-order valence-corrected chi connectivity index (χ1v) is 5.72. The first-order valence-electron chi connectivity index (χ1n) is 5.72. The van der Waals surface area contributed by atoms with Crippen LogP contribution in [0, 0.1) is 6.48 Å². The molecule has 0 aliphatic rings. The molecule has 0 unspecified atom stereocenters. The molecule has 0 spiro atoms. The van der Waals surface area contributed by atoms with Crippen molar-refractivity contribution in [1.82, 2.24) is 0 Å². The van der Waals surface area contributed by atoms with Crippen molar-refractivity contribution in [3.05, 3.63) is 6.48 Å². The average Bonchev–Trinajstić information content (AvgIpc) is 1.70. The van der Waals surface area contributed by atoms with Crippen LogP contribution in [0.2, 0.25) is 0 Å². The molecule has 0 aliphatic carbocycles. The third-order valence-electron chi connectivity index (χ3n) is 1.17. The summed E-state index contributed by atoms with van der Waals surface area (Å²) in [4.78, 5) is 0. The predicted molar refractivity (Wildman–Crippen MR) is 65.8 cm³/mol. The Balaban J connectivity index is 0. The number of hydrogen-bond donors (Lipinski definition) is 0. The van der Waals surface area contributed by atoms with E-state index in [-0.39, 0.29) is 45.0 Å². The summed E-state index contributed by atoms with van der Waals surface area (Å²) in [6, 6.07) is 0. The summed E-state index contributed by atoms with van der Waals surface area (Å²) in [7, 11) is 0. The Morgan fingerprint density at radius 3 is 0.824 bits per heavy atom. The van der Waals surface area contributed by atoms with E-state index in [0.717, 1.165) is 0 Å². The van der Waals surface area contributed by atoms with Crippen molar-refractivity contribution in [2.75, 3.05) is 0 Å². The molecular weight excluding hydrogens is 252 g/mol. The topological polar surface area (TPSA) is 27.7 Å².